The molecule has 1 fully saturated rings. The summed E-state index contributed by atoms with van der Waals surface area (Å²) in [5.41, 5.74) is 7.43. The number of methoxy groups -OCH3 is 1. The standard InChI is InChI=1S/C11H17N3O2/c1-14-9(5-11(7-12)3-4-11)8(6-13-14)10(15)16-2/h6H,3-5,7,12H2,1-2H3. The first-order valence-electron chi connectivity index (χ1n) is 5.41. The largest absolute Gasteiger partial charge is 0.465 e. The van der Waals surface area contributed by atoms with Crippen molar-refractivity contribution in [3.8, 4) is 0 Å². The summed E-state index contributed by atoms with van der Waals surface area (Å²) in [5, 5.41) is 4.11. The zero-order chi connectivity index (χ0) is 11.8. The molecule has 1 aromatic rings. The Kier molecular flexibility index (Phi) is 2.71. The fraction of sp³-hybridized carbons (Fsp3) is 0.636. The molecular weight excluding hydrogens is 206 g/mol. The monoisotopic (exact) mass is 223 g/mol. The molecule has 2 rings (SSSR count). The van der Waals surface area contributed by atoms with Gasteiger partial charge in [0.05, 0.1) is 19.0 Å². The van der Waals surface area contributed by atoms with E-state index in [-0.39, 0.29) is 11.4 Å². The zero-order valence-electron chi connectivity index (χ0n) is 9.69. The van der Waals surface area contributed by atoms with Crippen LogP contribution in [0.3, 0.4) is 0 Å². The van der Waals surface area contributed by atoms with Crippen LogP contribution in [0.5, 0.6) is 0 Å². The van der Waals surface area contributed by atoms with E-state index in [4.69, 9.17) is 10.5 Å². The molecule has 0 atom stereocenters. The minimum atomic E-state index is -0.323. The van der Waals surface area contributed by atoms with Crippen LogP contribution in [-0.4, -0.2) is 29.4 Å². The molecule has 1 heterocycles. The Bertz CT molecular complexity index is 407. The van der Waals surface area contributed by atoms with Crippen LogP contribution < -0.4 is 5.73 Å². The molecule has 1 aromatic heterocycles. The first-order chi connectivity index (χ1) is 7.62. The summed E-state index contributed by atoms with van der Waals surface area (Å²) in [6.07, 6.45) is 4.64. The van der Waals surface area contributed by atoms with E-state index in [0.717, 1.165) is 25.0 Å². The summed E-state index contributed by atoms with van der Waals surface area (Å²) in [4.78, 5) is 11.5. The van der Waals surface area contributed by atoms with Gasteiger partial charge in [0, 0.05) is 7.05 Å². The Morgan fingerprint density at radius 3 is 2.88 bits per heavy atom. The van der Waals surface area contributed by atoms with Crippen molar-refractivity contribution in [3.63, 3.8) is 0 Å². The van der Waals surface area contributed by atoms with E-state index in [0.29, 0.717) is 12.1 Å². The number of hydrogen-bond donors (Lipinski definition) is 1. The second kappa shape index (κ2) is 3.90. The molecule has 1 saturated carbocycles. The van der Waals surface area contributed by atoms with Gasteiger partial charge in [0.2, 0.25) is 0 Å². The van der Waals surface area contributed by atoms with Gasteiger partial charge in [-0.1, -0.05) is 0 Å². The smallest absolute Gasteiger partial charge is 0.341 e. The number of hydrogen-bond acceptors (Lipinski definition) is 4. The zero-order valence-corrected chi connectivity index (χ0v) is 9.69. The summed E-state index contributed by atoms with van der Waals surface area (Å²) in [5.74, 6) is -0.323. The van der Waals surface area contributed by atoms with Gasteiger partial charge in [-0.15, -0.1) is 0 Å². The summed E-state index contributed by atoms with van der Waals surface area (Å²) in [7, 11) is 3.23. The number of aryl methyl sites for hydroxylation is 1. The fourth-order valence-corrected chi connectivity index (χ4v) is 1.94. The number of carbonyl (C=O) groups excluding carboxylic acids is 1. The maximum Gasteiger partial charge on any atom is 0.341 e. The van der Waals surface area contributed by atoms with Crippen molar-refractivity contribution in [1.82, 2.24) is 9.78 Å². The molecule has 5 heteroatoms. The van der Waals surface area contributed by atoms with E-state index in [9.17, 15) is 4.79 Å². The first kappa shape index (κ1) is 11.1. The third-order valence-electron chi connectivity index (χ3n) is 3.40. The molecule has 0 aromatic carbocycles. The Balaban J connectivity index is 2.25. The van der Waals surface area contributed by atoms with E-state index in [1.54, 1.807) is 10.9 Å². The molecule has 88 valence electrons. The van der Waals surface area contributed by atoms with E-state index >= 15 is 0 Å². The number of rotatable bonds is 4. The van der Waals surface area contributed by atoms with Gasteiger partial charge in [-0.3, -0.25) is 4.68 Å². The molecule has 0 spiro atoms. The van der Waals surface area contributed by atoms with Crippen molar-refractivity contribution >= 4 is 5.97 Å². The maximum atomic E-state index is 11.5. The average Bonchev–Trinajstić information content (AvgIpc) is 2.99. The topological polar surface area (TPSA) is 70.1 Å². The molecule has 0 amide bonds. The maximum absolute atomic E-state index is 11.5. The lowest BCUT2D eigenvalue weighted by atomic mass is 9.98. The highest BCUT2D eigenvalue weighted by Gasteiger charge is 2.42. The molecule has 16 heavy (non-hydrogen) atoms. The van der Waals surface area contributed by atoms with Crippen molar-refractivity contribution in [1.29, 1.82) is 0 Å². The lowest BCUT2D eigenvalue weighted by Crippen LogP contribution is -2.21. The first-order valence-corrected chi connectivity index (χ1v) is 5.41. The Labute approximate surface area is 94.6 Å². The number of ether oxygens (including phenoxy) is 1. The lowest BCUT2D eigenvalue weighted by Gasteiger charge is -2.13. The van der Waals surface area contributed by atoms with Crippen molar-refractivity contribution in [3.05, 3.63) is 17.5 Å². The number of carbonyl (C=O) groups is 1. The quantitative estimate of drug-likeness (QED) is 0.754. The summed E-state index contributed by atoms with van der Waals surface area (Å²) < 4.78 is 6.47. The third kappa shape index (κ3) is 1.82. The number of esters is 1. The van der Waals surface area contributed by atoms with Crippen LogP contribution in [0.2, 0.25) is 0 Å². The Morgan fingerprint density at radius 2 is 2.38 bits per heavy atom. The number of nitrogens with two attached hydrogens (primary N) is 1. The molecular formula is C11H17N3O2. The second-order valence-corrected chi connectivity index (χ2v) is 4.50. The van der Waals surface area contributed by atoms with Gasteiger partial charge in [0.25, 0.3) is 0 Å². The molecule has 1 aliphatic carbocycles. The summed E-state index contributed by atoms with van der Waals surface area (Å²) in [6, 6.07) is 0. The fourth-order valence-electron chi connectivity index (χ4n) is 1.94. The summed E-state index contributed by atoms with van der Waals surface area (Å²) in [6.45, 7) is 0.665. The van der Waals surface area contributed by atoms with Crippen LogP contribution in [0.1, 0.15) is 28.9 Å². The normalized spacial score (nSPS) is 17.2. The number of aromatic nitrogens is 2. The highest BCUT2D eigenvalue weighted by Crippen LogP contribution is 2.47. The van der Waals surface area contributed by atoms with Crippen LogP contribution in [0.25, 0.3) is 0 Å². The van der Waals surface area contributed by atoms with Crippen LogP contribution in [0.15, 0.2) is 6.20 Å². The van der Waals surface area contributed by atoms with Crippen LogP contribution >= 0.6 is 0 Å². The van der Waals surface area contributed by atoms with Gasteiger partial charge in [-0.2, -0.15) is 5.10 Å². The van der Waals surface area contributed by atoms with Crippen molar-refractivity contribution in [2.24, 2.45) is 18.2 Å². The van der Waals surface area contributed by atoms with E-state index < -0.39 is 0 Å². The molecule has 5 nitrogen and oxygen atoms in total. The Morgan fingerprint density at radius 1 is 1.69 bits per heavy atom. The average molecular weight is 223 g/mol. The van der Waals surface area contributed by atoms with E-state index in [1.165, 1.54) is 7.11 Å². The summed E-state index contributed by atoms with van der Waals surface area (Å²) >= 11 is 0. The van der Waals surface area contributed by atoms with Crippen LogP contribution in [0.4, 0.5) is 0 Å². The van der Waals surface area contributed by atoms with Crippen molar-refractivity contribution in [2.75, 3.05) is 13.7 Å². The highest BCUT2D eigenvalue weighted by atomic mass is 16.5. The lowest BCUT2D eigenvalue weighted by molar-refractivity contribution is 0.0599. The van der Waals surface area contributed by atoms with Gasteiger partial charge in [-0.25, -0.2) is 4.79 Å². The van der Waals surface area contributed by atoms with Gasteiger partial charge < -0.3 is 10.5 Å². The molecule has 2 N–H and O–H groups in total. The molecule has 0 saturated heterocycles. The minimum absolute atomic E-state index is 0.191. The van der Waals surface area contributed by atoms with Gasteiger partial charge >= 0.3 is 5.97 Å². The minimum Gasteiger partial charge on any atom is -0.465 e. The highest BCUT2D eigenvalue weighted by molar-refractivity contribution is 5.90. The van der Waals surface area contributed by atoms with Gasteiger partial charge in [-0.05, 0) is 31.2 Å². The van der Waals surface area contributed by atoms with Crippen molar-refractivity contribution in [2.45, 2.75) is 19.3 Å². The molecule has 0 bridgehead atoms. The number of nitrogens with zero attached hydrogens (tertiary/aromatic N) is 2. The van der Waals surface area contributed by atoms with E-state index in [2.05, 4.69) is 5.10 Å². The SMILES string of the molecule is COC(=O)c1cnn(C)c1CC1(CN)CC1. The van der Waals surface area contributed by atoms with Gasteiger partial charge in [0.1, 0.15) is 5.56 Å². The molecule has 0 unspecified atom stereocenters. The second-order valence-electron chi connectivity index (χ2n) is 4.50. The molecule has 0 aliphatic heterocycles. The van der Waals surface area contributed by atoms with Gasteiger partial charge in [0.15, 0.2) is 0 Å². The molecule has 1 aliphatic rings. The predicted molar refractivity (Wildman–Crippen MR) is 59.0 cm³/mol. The van der Waals surface area contributed by atoms with Crippen molar-refractivity contribution < 1.29 is 9.53 Å². The third-order valence-corrected chi connectivity index (χ3v) is 3.40. The Hall–Kier alpha value is -1.36. The van der Waals surface area contributed by atoms with Crippen LogP contribution in [0, 0.1) is 5.41 Å². The predicted octanol–water partition coefficient (Wildman–Crippen LogP) is 0.488. The van der Waals surface area contributed by atoms with E-state index in [1.807, 2.05) is 7.05 Å². The molecule has 0 radical (unpaired) electrons. The van der Waals surface area contributed by atoms with Crippen LogP contribution in [-0.2, 0) is 18.2 Å².